The molecule has 0 atom stereocenters. The van der Waals surface area contributed by atoms with Crippen LogP contribution in [-0.2, 0) is 11.3 Å². The van der Waals surface area contributed by atoms with E-state index in [0.29, 0.717) is 16.7 Å². The highest BCUT2D eigenvalue weighted by molar-refractivity contribution is 7.99. The Morgan fingerprint density at radius 3 is 2.47 bits per heavy atom. The number of methoxy groups -OCH3 is 1. The highest BCUT2D eigenvalue weighted by atomic mass is 32.2. The average Bonchev–Trinajstić information content (AvgIpc) is 3.12. The molecule has 0 unspecified atom stereocenters. The monoisotopic (exact) mass is 466 g/mol. The molecule has 0 radical (unpaired) electrons. The summed E-state index contributed by atoms with van der Waals surface area (Å²) >= 11 is 1.19. The van der Waals surface area contributed by atoms with Crippen molar-refractivity contribution >= 4 is 17.7 Å². The predicted octanol–water partition coefficient (Wildman–Crippen LogP) is 4.23. The SMILES string of the molecule is COc1ccc(-n2c(C)nnc2SCC(=O)N(C)Cc2ccccc2OC(F)(F)F)cc1. The number of carbonyl (C=O) groups is 1. The molecule has 0 spiro atoms. The van der Waals surface area contributed by atoms with Crippen LogP contribution < -0.4 is 9.47 Å². The van der Waals surface area contributed by atoms with Crippen LogP contribution in [0.5, 0.6) is 11.5 Å². The normalized spacial score (nSPS) is 11.3. The molecule has 1 amide bonds. The van der Waals surface area contributed by atoms with Gasteiger partial charge in [-0.25, -0.2) is 0 Å². The number of hydrogen-bond acceptors (Lipinski definition) is 6. The van der Waals surface area contributed by atoms with Crippen molar-refractivity contribution in [3.8, 4) is 17.2 Å². The number of alkyl halides is 3. The molecule has 2 aromatic carbocycles. The maximum Gasteiger partial charge on any atom is 0.573 e. The minimum atomic E-state index is -4.81. The van der Waals surface area contributed by atoms with E-state index < -0.39 is 6.36 Å². The van der Waals surface area contributed by atoms with Gasteiger partial charge < -0.3 is 14.4 Å². The summed E-state index contributed by atoms with van der Waals surface area (Å²) in [4.78, 5) is 14.0. The number of amides is 1. The van der Waals surface area contributed by atoms with Gasteiger partial charge in [-0.2, -0.15) is 0 Å². The quantitative estimate of drug-likeness (QED) is 0.463. The van der Waals surface area contributed by atoms with Crippen molar-refractivity contribution in [2.24, 2.45) is 0 Å². The summed E-state index contributed by atoms with van der Waals surface area (Å²) in [6.07, 6.45) is -4.81. The van der Waals surface area contributed by atoms with E-state index in [9.17, 15) is 18.0 Å². The molecule has 0 N–H and O–H groups in total. The van der Waals surface area contributed by atoms with Gasteiger partial charge >= 0.3 is 6.36 Å². The molecule has 0 aliphatic rings. The van der Waals surface area contributed by atoms with Gasteiger partial charge in [-0.15, -0.1) is 23.4 Å². The van der Waals surface area contributed by atoms with E-state index >= 15 is 0 Å². The second-order valence-electron chi connectivity index (χ2n) is 6.76. The van der Waals surface area contributed by atoms with Crippen LogP contribution in [0.25, 0.3) is 5.69 Å². The lowest BCUT2D eigenvalue weighted by Crippen LogP contribution is -2.28. The van der Waals surface area contributed by atoms with E-state index in [4.69, 9.17) is 4.74 Å². The summed E-state index contributed by atoms with van der Waals surface area (Å²) in [5, 5.41) is 8.74. The number of aryl methyl sites for hydroxylation is 1. The first-order valence-electron chi connectivity index (χ1n) is 9.45. The summed E-state index contributed by atoms with van der Waals surface area (Å²) < 4.78 is 48.9. The first-order valence-corrected chi connectivity index (χ1v) is 10.4. The summed E-state index contributed by atoms with van der Waals surface area (Å²) in [6.45, 7) is 1.77. The van der Waals surface area contributed by atoms with E-state index in [2.05, 4.69) is 14.9 Å². The number of aromatic nitrogens is 3. The summed E-state index contributed by atoms with van der Waals surface area (Å²) in [5.74, 6) is 0.783. The first-order chi connectivity index (χ1) is 15.2. The zero-order valence-corrected chi connectivity index (χ0v) is 18.4. The molecule has 11 heteroatoms. The summed E-state index contributed by atoms with van der Waals surface area (Å²) in [7, 11) is 3.10. The van der Waals surface area contributed by atoms with Crippen LogP contribution in [0.3, 0.4) is 0 Å². The average molecular weight is 466 g/mol. The fraction of sp³-hybridized carbons (Fsp3) is 0.286. The van der Waals surface area contributed by atoms with Crippen LogP contribution in [-0.4, -0.2) is 51.8 Å². The van der Waals surface area contributed by atoms with Crippen LogP contribution in [0, 0.1) is 6.92 Å². The highest BCUT2D eigenvalue weighted by Crippen LogP contribution is 2.28. The molecule has 0 aliphatic carbocycles. The fourth-order valence-corrected chi connectivity index (χ4v) is 3.84. The van der Waals surface area contributed by atoms with Crippen molar-refractivity contribution in [2.45, 2.75) is 25.0 Å². The minimum absolute atomic E-state index is 0.0319. The number of benzene rings is 2. The second kappa shape index (κ2) is 9.94. The smallest absolute Gasteiger partial charge is 0.497 e. The molecule has 3 rings (SSSR count). The third-order valence-corrected chi connectivity index (χ3v) is 5.40. The molecule has 7 nitrogen and oxygen atoms in total. The van der Waals surface area contributed by atoms with Crippen LogP contribution in [0.4, 0.5) is 13.2 Å². The van der Waals surface area contributed by atoms with Crippen LogP contribution in [0.2, 0.25) is 0 Å². The Morgan fingerprint density at radius 2 is 1.81 bits per heavy atom. The number of halogens is 3. The Kier molecular flexibility index (Phi) is 7.29. The number of thioether (sulfide) groups is 1. The fourth-order valence-electron chi connectivity index (χ4n) is 2.90. The van der Waals surface area contributed by atoms with Crippen molar-refractivity contribution in [3.05, 3.63) is 59.9 Å². The summed E-state index contributed by atoms with van der Waals surface area (Å²) in [6, 6.07) is 13.1. The Bertz CT molecular complexity index is 1070. The molecular weight excluding hydrogens is 445 g/mol. The Balaban J connectivity index is 1.67. The number of carbonyl (C=O) groups excluding carboxylic acids is 1. The van der Waals surface area contributed by atoms with Gasteiger partial charge in [0, 0.05) is 24.8 Å². The lowest BCUT2D eigenvalue weighted by atomic mass is 10.2. The molecule has 0 saturated heterocycles. The number of hydrogen-bond donors (Lipinski definition) is 0. The van der Waals surface area contributed by atoms with Crippen molar-refractivity contribution in [1.29, 1.82) is 0 Å². The first kappa shape index (κ1) is 23.5. The maximum atomic E-state index is 12.6. The van der Waals surface area contributed by atoms with Crippen LogP contribution in [0.15, 0.2) is 53.7 Å². The van der Waals surface area contributed by atoms with E-state index in [-0.39, 0.29) is 29.5 Å². The van der Waals surface area contributed by atoms with E-state index in [1.54, 1.807) is 20.1 Å². The van der Waals surface area contributed by atoms with Gasteiger partial charge in [0.1, 0.15) is 17.3 Å². The minimum Gasteiger partial charge on any atom is -0.497 e. The number of ether oxygens (including phenoxy) is 2. The van der Waals surface area contributed by atoms with Gasteiger partial charge in [0.2, 0.25) is 5.91 Å². The van der Waals surface area contributed by atoms with Crippen molar-refractivity contribution in [1.82, 2.24) is 19.7 Å². The predicted molar refractivity (Wildman–Crippen MR) is 113 cm³/mol. The maximum absolute atomic E-state index is 12.6. The van der Waals surface area contributed by atoms with Gasteiger partial charge in [-0.05, 0) is 37.3 Å². The lowest BCUT2D eigenvalue weighted by Gasteiger charge is -2.19. The van der Waals surface area contributed by atoms with Crippen molar-refractivity contribution in [3.63, 3.8) is 0 Å². The van der Waals surface area contributed by atoms with E-state index in [1.165, 1.54) is 41.9 Å². The van der Waals surface area contributed by atoms with E-state index in [0.717, 1.165) is 5.69 Å². The molecule has 170 valence electrons. The molecule has 0 fully saturated rings. The van der Waals surface area contributed by atoms with Gasteiger partial charge in [-0.1, -0.05) is 30.0 Å². The molecule has 1 heterocycles. The molecule has 0 aliphatic heterocycles. The Labute approximate surface area is 187 Å². The largest absolute Gasteiger partial charge is 0.573 e. The molecule has 0 bridgehead atoms. The molecule has 32 heavy (non-hydrogen) atoms. The standard InChI is InChI=1S/C21H21F3N4O3S/c1-14-25-26-20(28(14)16-8-10-17(30-3)11-9-16)32-13-19(29)27(2)12-15-6-4-5-7-18(15)31-21(22,23)24/h4-11H,12-13H2,1-3H3. The Morgan fingerprint density at radius 1 is 1.12 bits per heavy atom. The summed E-state index contributed by atoms with van der Waals surface area (Å²) in [5.41, 5.74) is 1.07. The number of nitrogens with zero attached hydrogens (tertiary/aromatic N) is 4. The molecule has 1 aromatic heterocycles. The van der Waals surface area contributed by atoms with Gasteiger partial charge in [0.15, 0.2) is 5.16 Å². The molecule has 3 aromatic rings. The number of para-hydroxylation sites is 1. The molecule has 0 saturated carbocycles. The highest BCUT2D eigenvalue weighted by Gasteiger charge is 2.32. The molecular formula is C21H21F3N4O3S. The van der Waals surface area contributed by atoms with Crippen molar-refractivity contribution in [2.75, 3.05) is 19.9 Å². The zero-order chi connectivity index (χ0) is 23.3. The van der Waals surface area contributed by atoms with Gasteiger partial charge in [0.25, 0.3) is 0 Å². The van der Waals surface area contributed by atoms with Crippen LogP contribution in [0.1, 0.15) is 11.4 Å². The van der Waals surface area contributed by atoms with Crippen LogP contribution >= 0.6 is 11.8 Å². The lowest BCUT2D eigenvalue weighted by molar-refractivity contribution is -0.275. The third kappa shape index (κ3) is 5.94. The third-order valence-electron chi connectivity index (χ3n) is 4.48. The van der Waals surface area contributed by atoms with Gasteiger partial charge in [-0.3, -0.25) is 9.36 Å². The zero-order valence-electron chi connectivity index (χ0n) is 17.6. The van der Waals surface area contributed by atoms with Gasteiger partial charge in [0.05, 0.1) is 12.9 Å². The van der Waals surface area contributed by atoms with Crippen molar-refractivity contribution < 1.29 is 27.4 Å². The second-order valence-corrected chi connectivity index (χ2v) is 7.70. The topological polar surface area (TPSA) is 69.5 Å². The Hall–Kier alpha value is -3.21. The van der Waals surface area contributed by atoms with E-state index in [1.807, 2.05) is 28.8 Å². The number of rotatable bonds is 8.